The SMILES string of the molecule is Cn1c(C(=O)N2CCN(c3oc(-c4ccco4)nc3C#N)CC2)c(Cl)c2ccccc21. The van der Waals surface area contributed by atoms with Crippen molar-refractivity contribution in [3.05, 3.63) is 59.1 Å². The monoisotopic (exact) mass is 435 g/mol. The Morgan fingerprint density at radius 3 is 2.61 bits per heavy atom. The molecule has 1 aliphatic rings. The van der Waals surface area contributed by atoms with Crippen LogP contribution in [-0.2, 0) is 7.05 Å². The smallest absolute Gasteiger partial charge is 0.272 e. The van der Waals surface area contributed by atoms with Crippen molar-refractivity contribution in [1.82, 2.24) is 14.5 Å². The standard InChI is InChI=1S/C22H18ClN5O3/c1-26-16-6-3-2-5-14(16)18(23)19(26)21(29)27-8-10-28(11-9-27)22-15(13-24)25-20(31-22)17-7-4-12-30-17/h2-7,12H,8-11H2,1H3. The number of hydrogen-bond donors (Lipinski definition) is 0. The summed E-state index contributed by atoms with van der Waals surface area (Å²) in [6.07, 6.45) is 1.52. The summed E-state index contributed by atoms with van der Waals surface area (Å²) in [7, 11) is 1.85. The first-order chi connectivity index (χ1) is 15.1. The Hall–Kier alpha value is -3.70. The Balaban J connectivity index is 1.36. The molecule has 0 bridgehead atoms. The van der Waals surface area contributed by atoms with E-state index >= 15 is 0 Å². The van der Waals surface area contributed by atoms with Crippen molar-refractivity contribution < 1.29 is 13.6 Å². The predicted octanol–water partition coefficient (Wildman–Crippen LogP) is 3.91. The third-order valence-electron chi connectivity index (χ3n) is 5.55. The quantitative estimate of drug-likeness (QED) is 0.484. The van der Waals surface area contributed by atoms with Gasteiger partial charge in [-0.1, -0.05) is 29.8 Å². The van der Waals surface area contributed by atoms with E-state index in [-0.39, 0.29) is 17.5 Å². The van der Waals surface area contributed by atoms with Gasteiger partial charge in [0.15, 0.2) is 5.76 Å². The molecule has 1 amide bonds. The van der Waals surface area contributed by atoms with Gasteiger partial charge in [-0.3, -0.25) is 4.79 Å². The molecular weight excluding hydrogens is 418 g/mol. The number of carbonyl (C=O) groups is 1. The van der Waals surface area contributed by atoms with Crippen molar-refractivity contribution in [1.29, 1.82) is 5.26 Å². The zero-order valence-corrected chi connectivity index (χ0v) is 17.5. The van der Waals surface area contributed by atoms with E-state index in [0.717, 1.165) is 10.9 Å². The number of furan rings is 1. The average Bonchev–Trinajstić information content (AvgIpc) is 3.53. The summed E-state index contributed by atoms with van der Waals surface area (Å²) < 4.78 is 13.0. The summed E-state index contributed by atoms with van der Waals surface area (Å²) in [6, 6.07) is 13.2. The predicted molar refractivity (Wildman–Crippen MR) is 115 cm³/mol. The van der Waals surface area contributed by atoms with E-state index in [1.54, 1.807) is 17.0 Å². The van der Waals surface area contributed by atoms with E-state index in [2.05, 4.69) is 11.1 Å². The second-order valence-electron chi connectivity index (χ2n) is 7.28. The number of piperazine rings is 1. The molecule has 1 aliphatic heterocycles. The summed E-state index contributed by atoms with van der Waals surface area (Å²) in [6.45, 7) is 1.96. The highest BCUT2D eigenvalue weighted by molar-refractivity contribution is 6.38. The number of benzene rings is 1. The Kier molecular flexibility index (Phi) is 4.68. The van der Waals surface area contributed by atoms with E-state index < -0.39 is 0 Å². The Bertz CT molecular complexity index is 1270. The molecule has 8 nitrogen and oxygen atoms in total. The molecule has 0 unspecified atom stereocenters. The molecule has 0 radical (unpaired) electrons. The van der Waals surface area contributed by atoms with Crippen LogP contribution in [0.15, 0.2) is 51.5 Å². The van der Waals surface area contributed by atoms with Crippen molar-refractivity contribution in [3.63, 3.8) is 0 Å². The van der Waals surface area contributed by atoms with Gasteiger partial charge < -0.3 is 23.2 Å². The van der Waals surface area contributed by atoms with Crippen LogP contribution in [0, 0.1) is 11.3 Å². The number of aryl methyl sites for hydroxylation is 1. The van der Waals surface area contributed by atoms with Crippen LogP contribution in [0.25, 0.3) is 22.6 Å². The third-order valence-corrected chi connectivity index (χ3v) is 5.93. The van der Waals surface area contributed by atoms with Gasteiger partial charge in [-0.15, -0.1) is 0 Å². The van der Waals surface area contributed by atoms with E-state index in [1.807, 2.05) is 40.8 Å². The largest absolute Gasteiger partial charge is 0.459 e. The number of hydrogen-bond acceptors (Lipinski definition) is 6. The molecule has 9 heteroatoms. The lowest BCUT2D eigenvalue weighted by Crippen LogP contribution is -2.49. The number of carbonyl (C=O) groups excluding carboxylic acids is 1. The van der Waals surface area contributed by atoms with Gasteiger partial charge in [0.2, 0.25) is 11.6 Å². The van der Waals surface area contributed by atoms with E-state index in [0.29, 0.717) is 48.5 Å². The zero-order valence-electron chi connectivity index (χ0n) is 16.7. The minimum atomic E-state index is -0.113. The fraction of sp³-hybridized carbons (Fsp3) is 0.227. The number of anilines is 1. The third kappa shape index (κ3) is 3.14. The number of para-hydroxylation sites is 1. The molecule has 5 rings (SSSR count). The van der Waals surface area contributed by atoms with Crippen LogP contribution < -0.4 is 4.90 Å². The summed E-state index contributed by atoms with van der Waals surface area (Å²) >= 11 is 6.55. The van der Waals surface area contributed by atoms with Gasteiger partial charge in [-0.2, -0.15) is 10.2 Å². The van der Waals surface area contributed by atoms with Gasteiger partial charge in [0.05, 0.1) is 11.3 Å². The summed E-state index contributed by atoms with van der Waals surface area (Å²) in [4.78, 5) is 21.2. The second-order valence-corrected chi connectivity index (χ2v) is 7.66. The van der Waals surface area contributed by atoms with Crippen LogP contribution >= 0.6 is 11.6 Å². The first-order valence-electron chi connectivity index (χ1n) is 9.80. The number of amides is 1. The number of halogens is 1. The number of aromatic nitrogens is 2. The fourth-order valence-corrected chi connectivity index (χ4v) is 4.32. The maximum atomic E-state index is 13.2. The maximum absolute atomic E-state index is 13.2. The van der Waals surface area contributed by atoms with E-state index in [4.69, 9.17) is 20.4 Å². The lowest BCUT2D eigenvalue weighted by molar-refractivity contribution is 0.0736. The molecule has 1 aromatic carbocycles. The highest BCUT2D eigenvalue weighted by Gasteiger charge is 2.30. The molecule has 1 saturated heterocycles. The van der Waals surface area contributed by atoms with Gasteiger partial charge in [0, 0.05) is 44.1 Å². The Labute approximate surface area is 182 Å². The van der Waals surface area contributed by atoms with Gasteiger partial charge in [0.1, 0.15) is 11.8 Å². The molecule has 0 spiro atoms. The van der Waals surface area contributed by atoms with Crippen LogP contribution in [0.4, 0.5) is 5.88 Å². The highest BCUT2D eigenvalue weighted by atomic mass is 35.5. The van der Waals surface area contributed by atoms with E-state index in [1.165, 1.54) is 6.26 Å². The van der Waals surface area contributed by atoms with Crippen molar-refractivity contribution in [2.45, 2.75) is 0 Å². The molecule has 0 atom stereocenters. The first-order valence-corrected chi connectivity index (χ1v) is 10.2. The Morgan fingerprint density at radius 2 is 1.94 bits per heavy atom. The van der Waals surface area contributed by atoms with E-state index in [9.17, 15) is 10.1 Å². The first kappa shape index (κ1) is 19.3. The summed E-state index contributed by atoms with van der Waals surface area (Å²) in [5, 5.41) is 10.8. The molecule has 0 aliphatic carbocycles. The number of fused-ring (bicyclic) bond motifs is 1. The Morgan fingerprint density at radius 1 is 1.16 bits per heavy atom. The molecule has 156 valence electrons. The molecular formula is C22H18ClN5O3. The van der Waals surface area contributed by atoms with Crippen LogP contribution in [-0.4, -0.2) is 46.5 Å². The lowest BCUT2D eigenvalue weighted by Gasteiger charge is -2.34. The highest BCUT2D eigenvalue weighted by Crippen LogP contribution is 2.32. The van der Waals surface area contributed by atoms with Crippen LogP contribution in [0.3, 0.4) is 0 Å². The van der Waals surface area contributed by atoms with Gasteiger partial charge in [0.25, 0.3) is 11.8 Å². The second kappa shape index (κ2) is 7.52. The van der Waals surface area contributed by atoms with Crippen molar-refractivity contribution in [3.8, 4) is 17.7 Å². The van der Waals surface area contributed by atoms with Crippen LogP contribution in [0.5, 0.6) is 0 Å². The number of oxazole rings is 1. The van der Waals surface area contributed by atoms with Crippen LogP contribution in [0.2, 0.25) is 5.02 Å². The molecule has 0 saturated carbocycles. The lowest BCUT2D eigenvalue weighted by atomic mass is 10.2. The topological polar surface area (TPSA) is 91.4 Å². The molecule has 4 aromatic rings. The molecule has 1 fully saturated rings. The van der Waals surface area contributed by atoms with Crippen molar-refractivity contribution >= 4 is 34.3 Å². The molecule has 0 N–H and O–H groups in total. The van der Waals surface area contributed by atoms with Gasteiger partial charge in [-0.05, 0) is 18.2 Å². The van der Waals surface area contributed by atoms with Crippen molar-refractivity contribution in [2.24, 2.45) is 7.05 Å². The zero-order chi connectivity index (χ0) is 21.5. The van der Waals surface area contributed by atoms with Crippen molar-refractivity contribution in [2.75, 3.05) is 31.1 Å². The number of nitrogens with zero attached hydrogens (tertiary/aromatic N) is 5. The minimum absolute atomic E-state index is 0.113. The van der Waals surface area contributed by atoms with Crippen LogP contribution in [0.1, 0.15) is 16.2 Å². The number of rotatable bonds is 3. The summed E-state index contributed by atoms with van der Waals surface area (Å²) in [5.74, 6) is 1.00. The molecule has 3 aromatic heterocycles. The van der Waals surface area contributed by atoms with Gasteiger partial charge in [-0.25, -0.2) is 0 Å². The maximum Gasteiger partial charge on any atom is 0.272 e. The summed E-state index contributed by atoms with van der Waals surface area (Å²) in [5.41, 5.74) is 1.59. The van der Waals surface area contributed by atoms with Gasteiger partial charge >= 0.3 is 0 Å². The minimum Gasteiger partial charge on any atom is -0.459 e. The average molecular weight is 436 g/mol. The molecule has 4 heterocycles. The normalized spacial score (nSPS) is 14.2. The molecule has 31 heavy (non-hydrogen) atoms. The fourth-order valence-electron chi connectivity index (χ4n) is 3.95. The number of nitriles is 1.